The zero-order valence-electron chi connectivity index (χ0n) is 17.8. The maximum absolute atomic E-state index is 12.6. The summed E-state index contributed by atoms with van der Waals surface area (Å²) in [5.74, 6) is 0.780. The van der Waals surface area contributed by atoms with Crippen LogP contribution >= 0.6 is 24.8 Å². The quantitative estimate of drug-likeness (QED) is 0.573. The van der Waals surface area contributed by atoms with Crippen LogP contribution in [0.15, 0.2) is 24.3 Å². The Hall–Kier alpha value is -1.05. The first-order valence-corrected chi connectivity index (χ1v) is 9.88. The molecule has 0 saturated heterocycles. The molecule has 6 nitrogen and oxygen atoms in total. The molecule has 0 radical (unpaired) electrons. The highest BCUT2D eigenvalue weighted by Gasteiger charge is 2.37. The number of hydrogen-bond acceptors (Lipinski definition) is 5. The SMILES string of the molecule is COCCN(C)CCOc1cccc(CNC(=O)C2CCCCC2(C)N)c1.Cl.Cl. The Kier molecular flexibility index (Phi) is 13.5. The van der Waals surface area contributed by atoms with Crippen LogP contribution in [0, 0.1) is 5.92 Å². The third kappa shape index (κ3) is 9.53. The summed E-state index contributed by atoms with van der Waals surface area (Å²) in [6.07, 6.45) is 3.97. The number of nitrogens with one attached hydrogen (secondary N) is 1. The van der Waals surface area contributed by atoms with E-state index in [0.717, 1.165) is 50.1 Å². The van der Waals surface area contributed by atoms with Crippen LogP contribution in [0.3, 0.4) is 0 Å². The van der Waals surface area contributed by atoms with Crippen LogP contribution in [-0.4, -0.2) is 56.8 Å². The molecule has 2 atom stereocenters. The fraction of sp³-hybridized carbons (Fsp3) is 0.667. The third-order valence-electron chi connectivity index (χ3n) is 5.35. The molecule has 8 heteroatoms. The number of ether oxygens (including phenoxy) is 2. The van der Waals surface area contributed by atoms with E-state index in [1.807, 2.05) is 38.2 Å². The van der Waals surface area contributed by atoms with Crippen molar-refractivity contribution in [2.24, 2.45) is 11.7 Å². The number of benzene rings is 1. The molecule has 1 aromatic carbocycles. The number of nitrogens with zero attached hydrogens (tertiary/aromatic N) is 1. The first-order valence-electron chi connectivity index (χ1n) is 9.88. The minimum Gasteiger partial charge on any atom is -0.492 e. The van der Waals surface area contributed by atoms with Gasteiger partial charge in [-0.1, -0.05) is 25.0 Å². The van der Waals surface area contributed by atoms with E-state index in [4.69, 9.17) is 15.2 Å². The van der Waals surface area contributed by atoms with Gasteiger partial charge in [0.25, 0.3) is 0 Å². The Morgan fingerprint density at radius 1 is 1.28 bits per heavy atom. The Labute approximate surface area is 187 Å². The minimum absolute atomic E-state index is 0. The molecule has 0 spiro atoms. The summed E-state index contributed by atoms with van der Waals surface area (Å²) in [7, 11) is 3.75. The molecule has 1 fully saturated rings. The lowest BCUT2D eigenvalue weighted by molar-refractivity contribution is -0.128. The molecule has 168 valence electrons. The van der Waals surface area contributed by atoms with Crippen molar-refractivity contribution in [3.63, 3.8) is 0 Å². The van der Waals surface area contributed by atoms with Gasteiger partial charge in [0.2, 0.25) is 5.91 Å². The van der Waals surface area contributed by atoms with Crippen molar-refractivity contribution in [1.82, 2.24) is 10.2 Å². The van der Waals surface area contributed by atoms with Crippen LogP contribution in [0.5, 0.6) is 5.75 Å². The Morgan fingerprint density at radius 3 is 2.69 bits per heavy atom. The lowest BCUT2D eigenvalue weighted by Crippen LogP contribution is -2.52. The van der Waals surface area contributed by atoms with E-state index in [9.17, 15) is 4.79 Å². The zero-order chi connectivity index (χ0) is 19.7. The molecule has 1 aromatic rings. The molecule has 2 rings (SSSR count). The van der Waals surface area contributed by atoms with Crippen LogP contribution in [0.25, 0.3) is 0 Å². The topological polar surface area (TPSA) is 76.8 Å². The number of amides is 1. The lowest BCUT2D eigenvalue weighted by Gasteiger charge is -2.37. The molecule has 1 amide bonds. The summed E-state index contributed by atoms with van der Waals surface area (Å²) in [6, 6.07) is 7.88. The van der Waals surface area contributed by atoms with Gasteiger partial charge in [0.1, 0.15) is 12.4 Å². The summed E-state index contributed by atoms with van der Waals surface area (Å²) in [6.45, 7) is 5.54. The van der Waals surface area contributed by atoms with Gasteiger partial charge >= 0.3 is 0 Å². The van der Waals surface area contributed by atoms with Gasteiger partial charge in [-0.3, -0.25) is 4.79 Å². The van der Waals surface area contributed by atoms with Crippen molar-refractivity contribution >= 4 is 30.7 Å². The molecule has 1 aliphatic rings. The molecule has 1 saturated carbocycles. The summed E-state index contributed by atoms with van der Waals surface area (Å²) in [5, 5.41) is 3.05. The monoisotopic (exact) mass is 449 g/mol. The normalized spacial score (nSPS) is 21.1. The van der Waals surface area contributed by atoms with Gasteiger partial charge in [0.15, 0.2) is 0 Å². The molecule has 0 heterocycles. The van der Waals surface area contributed by atoms with E-state index in [1.165, 1.54) is 0 Å². The number of halogens is 2. The van der Waals surface area contributed by atoms with Crippen LogP contribution in [0.2, 0.25) is 0 Å². The van der Waals surface area contributed by atoms with Gasteiger partial charge in [0.05, 0.1) is 12.5 Å². The fourth-order valence-electron chi connectivity index (χ4n) is 3.52. The van der Waals surface area contributed by atoms with E-state index in [1.54, 1.807) is 7.11 Å². The number of likely N-dealkylation sites (N-methyl/N-ethyl adjacent to an activating group) is 1. The Morgan fingerprint density at radius 2 is 2.00 bits per heavy atom. The molecular weight excluding hydrogens is 413 g/mol. The maximum Gasteiger partial charge on any atom is 0.225 e. The second-order valence-corrected chi connectivity index (χ2v) is 7.81. The van der Waals surface area contributed by atoms with Crippen molar-refractivity contribution in [3.05, 3.63) is 29.8 Å². The predicted octanol–water partition coefficient (Wildman–Crippen LogP) is 3.01. The highest BCUT2D eigenvalue weighted by molar-refractivity contribution is 5.85. The number of hydrogen-bond donors (Lipinski definition) is 2. The molecule has 0 aromatic heterocycles. The summed E-state index contributed by atoms with van der Waals surface area (Å²) >= 11 is 0. The summed E-state index contributed by atoms with van der Waals surface area (Å²) < 4.78 is 10.9. The molecule has 3 N–H and O–H groups in total. The van der Waals surface area contributed by atoms with E-state index >= 15 is 0 Å². The Bertz CT molecular complexity index is 602. The number of methoxy groups -OCH3 is 1. The number of carbonyl (C=O) groups is 1. The first kappa shape index (κ1) is 27.9. The van der Waals surface area contributed by atoms with Crippen molar-refractivity contribution in [2.45, 2.75) is 44.7 Å². The third-order valence-corrected chi connectivity index (χ3v) is 5.35. The minimum atomic E-state index is -0.401. The lowest BCUT2D eigenvalue weighted by atomic mass is 9.74. The molecule has 29 heavy (non-hydrogen) atoms. The van der Waals surface area contributed by atoms with E-state index in [0.29, 0.717) is 19.8 Å². The molecule has 0 bridgehead atoms. The zero-order valence-corrected chi connectivity index (χ0v) is 19.4. The van der Waals surface area contributed by atoms with Crippen LogP contribution in [0.1, 0.15) is 38.2 Å². The average Bonchev–Trinajstić information content (AvgIpc) is 2.64. The highest BCUT2D eigenvalue weighted by atomic mass is 35.5. The molecule has 2 unspecified atom stereocenters. The van der Waals surface area contributed by atoms with Crippen LogP contribution < -0.4 is 15.8 Å². The van der Waals surface area contributed by atoms with E-state index < -0.39 is 5.54 Å². The van der Waals surface area contributed by atoms with Gasteiger partial charge in [-0.05, 0) is 44.5 Å². The highest BCUT2D eigenvalue weighted by Crippen LogP contribution is 2.31. The summed E-state index contributed by atoms with van der Waals surface area (Å²) in [4.78, 5) is 14.7. The van der Waals surface area contributed by atoms with Crippen molar-refractivity contribution < 1.29 is 14.3 Å². The van der Waals surface area contributed by atoms with Crippen molar-refractivity contribution in [1.29, 1.82) is 0 Å². The smallest absolute Gasteiger partial charge is 0.225 e. The second kappa shape index (κ2) is 14.0. The standard InChI is InChI=1S/C21H35N3O3.2ClH/c1-21(22)10-5-4-9-19(21)20(25)23-16-17-7-6-8-18(15-17)27-14-12-24(2)11-13-26-3;;/h6-8,15,19H,4-5,9-14,16,22H2,1-3H3,(H,23,25);2*1H. The van der Waals surface area contributed by atoms with Crippen LogP contribution in [0.4, 0.5) is 0 Å². The summed E-state index contributed by atoms with van der Waals surface area (Å²) in [5.41, 5.74) is 6.96. The average molecular weight is 450 g/mol. The molecular formula is C21H37Cl2N3O3. The second-order valence-electron chi connectivity index (χ2n) is 7.81. The van der Waals surface area contributed by atoms with E-state index in [-0.39, 0.29) is 36.6 Å². The van der Waals surface area contributed by atoms with Gasteiger partial charge < -0.3 is 25.4 Å². The first-order chi connectivity index (χ1) is 12.9. The Balaban J connectivity index is 0.00000392. The maximum atomic E-state index is 12.6. The molecule has 0 aliphatic heterocycles. The van der Waals surface area contributed by atoms with Gasteiger partial charge in [-0.15, -0.1) is 24.8 Å². The van der Waals surface area contributed by atoms with Gasteiger partial charge in [0, 0.05) is 32.3 Å². The number of carbonyl (C=O) groups excluding carboxylic acids is 1. The largest absolute Gasteiger partial charge is 0.492 e. The van der Waals surface area contributed by atoms with Crippen molar-refractivity contribution in [3.8, 4) is 5.75 Å². The fourth-order valence-corrected chi connectivity index (χ4v) is 3.52. The predicted molar refractivity (Wildman–Crippen MR) is 122 cm³/mol. The van der Waals surface area contributed by atoms with Crippen molar-refractivity contribution in [2.75, 3.05) is 40.5 Å². The number of nitrogens with two attached hydrogens (primary N) is 1. The van der Waals surface area contributed by atoms with E-state index in [2.05, 4.69) is 10.2 Å². The van der Waals surface area contributed by atoms with Gasteiger partial charge in [-0.2, -0.15) is 0 Å². The van der Waals surface area contributed by atoms with Crippen LogP contribution in [-0.2, 0) is 16.1 Å². The number of rotatable bonds is 10. The molecule has 1 aliphatic carbocycles. The van der Waals surface area contributed by atoms with Gasteiger partial charge in [-0.25, -0.2) is 0 Å².